The molecule has 0 bridgehead atoms. The van der Waals surface area contributed by atoms with Gasteiger partial charge in [-0.05, 0) is 19.3 Å². The SMILES string of the molecule is COCCCCCNS(=O)(=O)CCCl. The van der Waals surface area contributed by atoms with Crippen LogP contribution >= 0.6 is 11.6 Å². The van der Waals surface area contributed by atoms with Gasteiger partial charge in [0.25, 0.3) is 0 Å². The van der Waals surface area contributed by atoms with Gasteiger partial charge in [-0.15, -0.1) is 11.6 Å². The van der Waals surface area contributed by atoms with Gasteiger partial charge in [0, 0.05) is 26.1 Å². The number of unbranched alkanes of at least 4 members (excludes halogenated alkanes) is 2. The molecule has 6 heteroatoms. The number of ether oxygens (including phenoxy) is 1. The van der Waals surface area contributed by atoms with Crippen molar-refractivity contribution in [3.8, 4) is 0 Å². The maximum atomic E-state index is 11.1. The van der Waals surface area contributed by atoms with Crippen LogP contribution in [0, 0.1) is 0 Å². The van der Waals surface area contributed by atoms with Gasteiger partial charge >= 0.3 is 0 Å². The van der Waals surface area contributed by atoms with Crippen molar-refractivity contribution in [1.29, 1.82) is 0 Å². The smallest absolute Gasteiger partial charge is 0.212 e. The Hall–Kier alpha value is 0.160. The Labute approximate surface area is 91.0 Å². The van der Waals surface area contributed by atoms with Crippen molar-refractivity contribution in [2.24, 2.45) is 0 Å². The van der Waals surface area contributed by atoms with E-state index < -0.39 is 10.0 Å². The lowest BCUT2D eigenvalue weighted by molar-refractivity contribution is 0.192. The van der Waals surface area contributed by atoms with E-state index in [1.165, 1.54) is 0 Å². The summed E-state index contributed by atoms with van der Waals surface area (Å²) in [6, 6.07) is 0. The minimum Gasteiger partial charge on any atom is -0.385 e. The zero-order valence-electron chi connectivity index (χ0n) is 8.46. The second-order valence-electron chi connectivity index (χ2n) is 2.96. The van der Waals surface area contributed by atoms with E-state index in [1.807, 2.05) is 0 Å². The quantitative estimate of drug-likeness (QED) is 0.485. The van der Waals surface area contributed by atoms with E-state index in [4.69, 9.17) is 16.3 Å². The summed E-state index contributed by atoms with van der Waals surface area (Å²) in [5, 5.41) is 0. The maximum absolute atomic E-state index is 11.1. The molecule has 0 aliphatic carbocycles. The molecule has 0 rings (SSSR count). The number of nitrogens with one attached hydrogen (secondary N) is 1. The number of methoxy groups -OCH3 is 1. The van der Waals surface area contributed by atoms with Gasteiger partial charge < -0.3 is 4.74 Å². The number of alkyl halides is 1. The van der Waals surface area contributed by atoms with Crippen LogP contribution in [0.3, 0.4) is 0 Å². The number of halogens is 1. The predicted octanol–water partition coefficient (Wildman–Crippen LogP) is 0.961. The second kappa shape index (κ2) is 8.47. The molecule has 0 spiro atoms. The van der Waals surface area contributed by atoms with Crippen LogP contribution in [0.15, 0.2) is 0 Å². The van der Waals surface area contributed by atoms with E-state index in [2.05, 4.69) is 4.72 Å². The molecule has 0 atom stereocenters. The lowest BCUT2D eigenvalue weighted by Crippen LogP contribution is -2.27. The van der Waals surface area contributed by atoms with Gasteiger partial charge in [-0.2, -0.15) is 0 Å². The van der Waals surface area contributed by atoms with E-state index in [9.17, 15) is 8.42 Å². The molecular weight excluding hydrogens is 226 g/mol. The fourth-order valence-electron chi connectivity index (χ4n) is 0.950. The number of sulfonamides is 1. The first-order valence-electron chi connectivity index (χ1n) is 4.64. The average Bonchev–Trinajstić information content (AvgIpc) is 2.11. The lowest BCUT2D eigenvalue weighted by Gasteiger charge is -2.04. The summed E-state index contributed by atoms with van der Waals surface area (Å²) in [6.45, 7) is 1.22. The molecule has 0 aromatic carbocycles. The Kier molecular flexibility index (Phi) is 8.56. The molecule has 0 fully saturated rings. The first-order valence-corrected chi connectivity index (χ1v) is 6.83. The van der Waals surface area contributed by atoms with Crippen LogP contribution in [0.2, 0.25) is 0 Å². The van der Waals surface area contributed by atoms with E-state index >= 15 is 0 Å². The van der Waals surface area contributed by atoms with Crippen molar-refractivity contribution in [2.45, 2.75) is 19.3 Å². The molecular formula is C8H18ClNO3S. The number of hydrogen-bond donors (Lipinski definition) is 1. The highest BCUT2D eigenvalue weighted by molar-refractivity contribution is 7.89. The summed E-state index contributed by atoms with van der Waals surface area (Å²) in [5.41, 5.74) is 0. The average molecular weight is 244 g/mol. The van der Waals surface area contributed by atoms with Crippen molar-refractivity contribution in [3.05, 3.63) is 0 Å². The van der Waals surface area contributed by atoms with Crippen LogP contribution in [0.1, 0.15) is 19.3 Å². The maximum Gasteiger partial charge on any atom is 0.212 e. The highest BCUT2D eigenvalue weighted by Crippen LogP contribution is 1.95. The molecule has 86 valence electrons. The molecule has 4 nitrogen and oxygen atoms in total. The summed E-state index contributed by atoms with van der Waals surface area (Å²) in [7, 11) is -1.48. The van der Waals surface area contributed by atoms with Crippen LogP contribution in [0.25, 0.3) is 0 Å². The molecule has 0 heterocycles. The first-order chi connectivity index (χ1) is 6.62. The molecule has 0 unspecified atom stereocenters. The molecule has 0 saturated heterocycles. The van der Waals surface area contributed by atoms with Crippen molar-refractivity contribution in [3.63, 3.8) is 0 Å². The molecule has 0 amide bonds. The Balaban J connectivity index is 3.35. The van der Waals surface area contributed by atoms with Gasteiger partial charge in [-0.3, -0.25) is 0 Å². The highest BCUT2D eigenvalue weighted by Gasteiger charge is 2.06. The molecule has 0 aliphatic heterocycles. The monoisotopic (exact) mass is 243 g/mol. The van der Waals surface area contributed by atoms with Crippen molar-refractivity contribution in [2.75, 3.05) is 31.9 Å². The third-order valence-corrected chi connectivity index (χ3v) is 3.49. The largest absolute Gasteiger partial charge is 0.385 e. The zero-order chi connectivity index (χ0) is 10.9. The van der Waals surface area contributed by atoms with Gasteiger partial charge in [0.15, 0.2) is 0 Å². The summed E-state index contributed by atoms with van der Waals surface area (Å²) in [5.74, 6) is 0.131. The third kappa shape index (κ3) is 8.74. The molecule has 0 aromatic heterocycles. The van der Waals surface area contributed by atoms with Crippen LogP contribution in [0.4, 0.5) is 0 Å². The molecule has 14 heavy (non-hydrogen) atoms. The van der Waals surface area contributed by atoms with Crippen LogP contribution in [-0.2, 0) is 14.8 Å². The minimum absolute atomic E-state index is 0.00731. The fourth-order valence-corrected chi connectivity index (χ4v) is 2.36. The minimum atomic E-state index is -3.14. The molecule has 0 aliphatic rings. The first kappa shape index (κ1) is 14.2. The summed E-state index contributed by atoms with van der Waals surface area (Å²) >= 11 is 5.33. The van der Waals surface area contributed by atoms with Gasteiger partial charge in [-0.1, -0.05) is 0 Å². The Morgan fingerprint density at radius 2 is 2.00 bits per heavy atom. The summed E-state index contributed by atoms with van der Waals surface area (Å²) in [6.07, 6.45) is 2.77. The van der Waals surface area contributed by atoms with Crippen LogP contribution < -0.4 is 4.72 Å². The normalized spacial score (nSPS) is 11.9. The number of hydrogen-bond acceptors (Lipinski definition) is 3. The topological polar surface area (TPSA) is 55.4 Å². The third-order valence-electron chi connectivity index (χ3n) is 1.69. The lowest BCUT2D eigenvalue weighted by atomic mass is 10.2. The van der Waals surface area contributed by atoms with Crippen LogP contribution in [0.5, 0.6) is 0 Å². The van der Waals surface area contributed by atoms with Gasteiger partial charge in [0.05, 0.1) is 5.75 Å². The van der Waals surface area contributed by atoms with E-state index in [0.29, 0.717) is 6.54 Å². The fraction of sp³-hybridized carbons (Fsp3) is 1.00. The molecule has 1 N–H and O–H groups in total. The Morgan fingerprint density at radius 1 is 1.29 bits per heavy atom. The van der Waals surface area contributed by atoms with E-state index in [0.717, 1.165) is 25.9 Å². The van der Waals surface area contributed by atoms with Gasteiger partial charge in [0.2, 0.25) is 10.0 Å². The van der Waals surface area contributed by atoms with Crippen molar-refractivity contribution in [1.82, 2.24) is 4.72 Å². The standard InChI is InChI=1S/C8H18ClNO3S/c1-13-7-4-2-3-6-10-14(11,12)8-5-9/h10H,2-8H2,1H3. The van der Waals surface area contributed by atoms with Crippen molar-refractivity contribution >= 4 is 21.6 Å². The second-order valence-corrected chi connectivity index (χ2v) is 5.26. The van der Waals surface area contributed by atoms with Gasteiger partial charge in [0.1, 0.15) is 0 Å². The van der Waals surface area contributed by atoms with Crippen LogP contribution in [-0.4, -0.2) is 40.3 Å². The summed E-state index contributed by atoms with van der Waals surface area (Å²) in [4.78, 5) is 0. The van der Waals surface area contributed by atoms with E-state index in [-0.39, 0.29) is 11.6 Å². The summed E-state index contributed by atoms with van der Waals surface area (Å²) < 4.78 is 29.6. The molecule has 0 saturated carbocycles. The zero-order valence-corrected chi connectivity index (χ0v) is 10.0. The molecule has 0 aromatic rings. The Bertz CT molecular complexity index is 219. The van der Waals surface area contributed by atoms with Gasteiger partial charge in [-0.25, -0.2) is 13.1 Å². The predicted molar refractivity (Wildman–Crippen MR) is 58.2 cm³/mol. The Morgan fingerprint density at radius 3 is 2.57 bits per heavy atom. The van der Waals surface area contributed by atoms with E-state index in [1.54, 1.807) is 7.11 Å². The van der Waals surface area contributed by atoms with Crippen molar-refractivity contribution < 1.29 is 13.2 Å². The number of rotatable bonds is 9. The molecule has 0 radical (unpaired) electrons. The highest BCUT2D eigenvalue weighted by atomic mass is 35.5.